The second-order valence-electron chi connectivity index (χ2n) is 6.75. The number of hydrogen-bond donors (Lipinski definition) is 1. The van der Waals surface area contributed by atoms with E-state index in [1.165, 1.54) is 15.9 Å². The predicted octanol–water partition coefficient (Wildman–Crippen LogP) is 2.56. The van der Waals surface area contributed by atoms with Crippen molar-refractivity contribution in [2.75, 3.05) is 18.5 Å². The molecule has 10 heteroatoms. The van der Waals surface area contributed by atoms with Gasteiger partial charge in [0, 0.05) is 17.3 Å². The third-order valence-electron chi connectivity index (χ3n) is 4.76. The highest BCUT2D eigenvalue weighted by atomic mass is 32.1. The Labute approximate surface area is 176 Å². The minimum Gasteiger partial charge on any atom is -0.462 e. The first-order valence-electron chi connectivity index (χ1n) is 9.58. The fraction of sp³-hybridized carbons (Fsp3) is 0.350. The smallest absolute Gasteiger partial charge is 0.344 e. The third kappa shape index (κ3) is 3.65. The van der Waals surface area contributed by atoms with Crippen LogP contribution in [0.3, 0.4) is 0 Å². The summed E-state index contributed by atoms with van der Waals surface area (Å²) < 4.78 is 11.8. The molecule has 0 aliphatic heterocycles. The predicted molar refractivity (Wildman–Crippen MR) is 109 cm³/mol. The fourth-order valence-electron chi connectivity index (χ4n) is 3.51. The van der Waals surface area contributed by atoms with Crippen LogP contribution >= 0.6 is 11.3 Å². The van der Waals surface area contributed by atoms with E-state index in [1.54, 1.807) is 32.3 Å². The van der Waals surface area contributed by atoms with Crippen molar-refractivity contribution in [1.29, 1.82) is 0 Å². The number of aromatic nitrogens is 3. The molecule has 0 unspecified atom stereocenters. The highest BCUT2D eigenvalue weighted by Crippen LogP contribution is 2.39. The van der Waals surface area contributed by atoms with Gasteiger partial charge in [0.25, 0.3) is 5.91 Å². The average molecular weight is 428 g/mol. The van der Waals surface area contributed by atoms with Crippen molar-refractivity contribution < 1.29 is 23.9 Å². The van der Waals surface area contributed by atoms with Gasteiger partial charge >= 0.3 is 11.9 Å². The molecule has 1 amide bonds. The molecule has 0 saturated carbocycles. The number of anilines is 1. The lowest BCUT2D eigenvalue weighted by Crippen LogP contribution is -2.22. The van der Waals surface area contributed by atoms with E-state index in [0.29, 0.717) is 21.9 Å². The molecule has 0 atom stereocenters. The second-order valence-corrected chi connectivity index (χ2v) is 7.86. The molecule has 3 heterocycles. The molecule has 4 rings (SSSR count). The molecule has 30 heavy (non-hydrogen) atoms. The van der Waals surface area contributed by atoms with E-state index in [0.717, 1.165) is 29.7 Å². The molecule has 1 aliphatic rings. The molecule has 0 fully saturated rings. The van der Waals surface area contributed by atoms with Gasteiger partial charge in [0.05, 0.1) is 17.9 Å². The summed E-state index contributed by atoms with van der Waals surface area (Å²) in [6.45, 7) is 3.17. The summed E-state index contributed by atoms with van der Waals surface area (Å²) in [7, 11) is 0. The monoisotopic (exact) mass is 428 g/mol. The SMILES string of the molecule is CCOC(=O)c1c(NC(=O)COC(=O)c2c(C)nn3cccnc23)sc2c1CCC2. The summed E-state index contributed by atoms with van der Waals surface area (Å²) >= 11 is 1.37. The number of thiophene rings is 1. The van der Waals surface area contributed by atoms with E-state index in [1.807, 2.05) is 0 Å². The Hall–Kier alpha value is -3.27. The van der Waals surface area contributed by atoms with Gasteiger partial charge in [-0.15, -0.1) is 11.3 Å². The van der Waals surface area contributed by atoms with Crippen LogP contribution in [0, 0.1) is 6.92 Å². The molecule has 0 aromatic carbocycles. The van der Waals surface area contributed by atoms with Crippen LogP contribution in [0.4, 0.5) is 5.00 Å². The van der Waals surface area contributed by atoms with Crippen LogP contribution < -0.4 is 5.32 Å². The molecule has 1 N–H and O–H groups in total. The maximum absolute atomic E-state index is 12.5. The number of ether oxygens (including phenoxy) is 2. The number of nitrogens with one attached hydrogen (secondary N) is 1. The quantitative estimate of drug-likeness (QED) is 0.601. The van der Waals surface area contributed by atoms with E-state index < -0.39 is 24.5 Å². The lowest BCUT2D eigenvalue weighted by molar-refractivity contribution is -0.119. The van der Waals surface area contributed by atoms with E-state index in [-0.39, 0.29) is 12.2 Å². The zero-order valence-electron chi connectivity index (χ0n) is 16.6. The van der Waals surface area contributed by atoms with E-state index in [2.05, 4.69) is 15.4 Å². The molecule has 1 aliphatic carbocycles. The highest BCUT2D eigenvalue weighted by Gasteiger charge is 2.28. The molecular weight excluding hydrogens is 408 g/mol. The normalized spacial score (nSPS) is 12.6. The van der Waals surface area contributed by atoms with Crippen LogP contribution in [0.1, 0.15) is 50.2 Å². The number of esters is 2. The van der Waals surface area contributed by atoms with Gasteiger partial charge in [-0.1, -0.05) is 0 Å². The number of hydrogen-bond acceptors (Lipinski definition) is 8. The summed E-state index contributed by atoms with van der Waals surface area (Å²) in [5.41, 5.74) is 2.39. The number of aryl methyl sites for hydroxylation is 2. The standard InChI is InChI=1S/C20H20N4O5S/c1-3-28-20(27)16-12-6-4-7-13(12)30-18(16)22-14(25)10-29-19(26)15-11(2)23-24-9-5-8-21-17(15)24/h5,8-9H,3-4,6-7,10H2,1-2H3,(H,22,25). The van der Waals surface area contributed by atoms with Gasteiger partial charge in [-0.2, -0.15) is 5.10 Å². The molecule has 0 spiro atoms. The van der Waals surface area contributed by atoms with Crippen LogP contribution in [0.5, 0.6) is 0 Å². The first-order chi connectivity index (χ1) is 14.5. The molecule has 0 saturated heterocycles. The number of carbonyl (C=O) groups is 3. The van der Waals surface area contributed by atoms with Gasteiger partial charge in [0.15, 0.2) is 12.3 Å². The second kappa shape index (κ2) is 8.23. The van der Waals surface area contributed by atoms with Gasteiger partial charge in [0.1, 0.15) is 10.6 Å². The first-order valence-corrected chi connectivity index (χ1v) is 10.4. The number of carbonyl (C=O) groups excluding carboxylic acids is 3. The number of nitrogens with zero attached hydrogens (tertiary/aromatic N) is 3. The third-order valence-corrected chi connectivity index (χ3v) is 5.97. The maximum atomic E-state index is 12.5. The van der Waals surface area contributed by atoms with Crippen LogP contribution in [0.15, 0.2) is 18.5 Å². The van der Waals surface area contributed by atoms with Crippen molar-refractivity contribution in [2.45, 2.75) is 33.1 Å². The number of amides is 1. The minimum atomic E-state index is -0.685. The van der Waals surface area contributed by atoms with Crippen LogP contribution in [0.25, 0.3) is 5.65 Å². The Kier molecular flexibility index (Phi) is 5.49. The molecule has 0 radical (unpaired) electrons. The Balaban J connectivity index is 1.46. The van der Waals surface area contributed by atoms with Gasteiger partial charge in [-0.05, 0) is 44.7 Å². The molecular formula is C20H20N4O5S. The van der Waals surface area contributed by atoms with Gasteiger partial charge in [-0.3, -0.25) is 4.79 Å². The topological polar surface area (TPSA) is 112 Å². The average Bonchev–Trinajstić information content (AvgIpc) is 3.38. The van der Waals surface area contributed by atoms with Crippen molar-refractivity contribution in [3.63, 3.8) is 0 Å². The molecule has 3 aromatic heterocycles. The molecule has 9 nitrogen and oxygen atoms in total. The fourth-order valence-corrected chi connectivity index (χ4v) is 4.81. The van der Waals surface area contributed by atoms with Crippen LogP contribution in [0.2, 0.25) is 0 Å². The van der Waals surface area contributed by atoms with Gasteiger partial charge in [-0.25, -0.2) is 19.1 Å². The summed E-state index contributed by atoms with van der Waals surface area (Å²) in [5.74, 6) is -1.66. The van der Waals surface area contributed by atoms with E-state index in [9.17, 15) is 14.4 Å². The van der Waals surface area contributed by atoms with Crippen molar-refractivity contribution >= 4 is 39.8 Å². The summed E-state index contributed by atoms with van der Waals surface area (Å²) in [6, 6.07) is 1.70. The Morgan fingerprint density at radius 2 is 2.00 bits per heavy atom. The van der Waals surface area contributed by atoms with E-state index >= 15 is 0 Å². The van der Waals surface area contributed by atoms with Gasteiger partial charge < -0.3 is 14.8 Å². The Bertz CT molecular complexity index is 1150. The summed E-state index contributed by atoms with van der Waals surface area (Å²) in [6.07, 6.45) is 5.86. The first kappa shape index (κ1) is 20.0. The van der Waals surface area contributed by atoms with Crippen molar-refractivity contribution in [1.82, 2.24) is 14.6 Å². The van der Waals surface area contributed by atoms with Crippen molar-refractivity contribution in [2.24, 2.45) is 0 Å². The number of fused-ring (bicyclic) bond motifs is 2. The zero-order chi connectivity index (χ0) is 21.3. The summed E-state index contributed by atoms with van der Waals surface area (Å²) in [4.78, 5) is 42.5. The van der Waals surface area contributed by atoms with Crippen LogP contribution in [-0.4, -0.2) is 45.7 Å². The van der Waals surface area contributed by atoms with Crippen molar-refractivity contribution in [3.8, 4) is 0 Å². The molecule has 156 valence electrons. The molecule has 0 bridgehead atoms. The van der Waals surface area contributed by atoms with E-state index in [4.69, 9.17) is 9.47 Å². The molecule has 3 aromatic rings. The van der Waals surface area contributed by atoms with Crippen molar-refractivity contribution in [3.05, 3.63) is 45.7 Å². The lowest BCUT2D eigenvalue weighted by atomic mass is 10.1. The zero-order valence-corrected chi connectivity index (χ0v) is 17.4. The number of rotatable bonds is 6. The maximum Gasteiger partial charge on any atom is 0.344 e. The highest BCUT2D eigenvalue weighted by molar-refractivity contribution is 7.17. The minimum absolute atomic E-state index is 0.214. The lowest BCUT2D eigenvalue weighted by Gasteiger charge is -2.08. The largest absolute Gasteiger partial charge is 0.462 e. The van der Waals surface area contributed by atoms with Crippen LogP contribution in [-0.2, 0) is 27.1 Å². The summed E-state index contributed by atoms with van der Waals surface area (Å²) in [5, 5.41) is 7.34. The van der Waals surface area contributed by atoms with Gasteiger partial charge in [0.2, 0.25) is 0 Å². The Morgan fingerprint density at radius 3 is 2.80 bits per heavy atom. The Morgan fingerprint density at radius 1 is 1.20 bits per heavy atom.